The number of hydrogen-bond donors (Lipinski definition) is 0. The van der Waals surface area contributed by atoms with Crippen LogP contribution in [0.15, 0.2) is 48.1 Å². The molecule has 1 aliphatic carbocycles. The second-order valence-corrected chi connectivity index (χ2v) is 5.52. The van der Waals surface area contributed by atoms with Gasteiger partial charge in [-0.1, -0.05) is 42.5 Å². The first-order valence-corrected chi connectivity index (χ1v) is 7.06. The van der Waals surface area contributed by atoms with Crippen LogP contribution in [0.4, 0.5) is 0 Å². The highest BCUT2D eigenvalue weighted by Gasteiger charge is 2.52. The predicted molar refractivity (Wildman–Crippen MR) is 83.9 cm³/mol. The van der Waals surface area contributed by atoms with Gasteiger partial charge in [0, 0.05) is 6.42 Å². The van der Waals surface area contributed by atoms with Crippen molar-refractivity contribution in [3.8, 4) is 0 Å². The standard InChI is InChI=1S/C18H20O4/c1-12-10-18(16(19)21-3,17(20)22-4)11-15(12)13(2)14-8-6-5-7-9-14/h5-9H,2,10-11H2,1,3-4H3. The van der Waals surface area contributed by atoms with Gasteiger partial charge in [0.15, 0.2) is 5.41 Å². The van der Waals surface area contributed by atoms with Gasteiger partial charge in [-0.25, -0.2) is 0 Å². The zero-order valence-corrected chi connectivity index (χ0v) is 13.1. The van der Waals surface area contributed by atoms with Gasteiger partial charge in [0.2, 0.25) is 0 Å². The van der Waals surface area contributed by atoms with Crippen molar-refractivity contribution in [2.24, 2.45) is 5.41 Å². The first-order chi connectivity index (χ1) is 10.5. The number of benzene rings is 1. The van der Waals surface area contributed by atoms with Crippen molar-refractivity contribution in [1.29, 1.82) is 0 Å². The van der Waals surface area contributed by atoms with Gasteiger partial charge >= 0.3 is 11.9 Å². The summed E-state index contributed by atoms with van der Waals surface area (Å²) in [5.74, 6) is -1.12. The fraction of sp³-hybridized carbons (Fsp3) is 0.333. The predicted octanol–water partition coefficient (Wildman–Crippen LogP) is 3.14. The van der Waals surface area contributed by atoms with E-state index >= 15 is 0 Å². The molecule has 0 bridgehead atoms. The number of allylic oxidation sites excluding steroid dienone is 3. The lowest BCUT2D eigenvalue weighted by molar-refractivity contribution is -0.168. The number of esters is 2. The Morgan fingerprint density at radius 2 is 1.59 bits per heavy atom. The topological polar surface area (TPSA) is 52.6 Å². The van der Waals surface area contributed by atoms with E-state index in [0.717, 1.165) is 22.3 Å². The second kappa shape index (κ2) is 6.18. The summed E-state index contributed by atoms with van der Waals surface area (Å²) in [7, 11) is 2.57. The number of rotatable bonds is 4. The summed E-state index contributed by atoms with van der Waals surface area (Å²) in [5.41, 5.74) is 2.39. The Kier molecular flexibility index (Phi) is 4.50. The molecule has 0 radical (unpaired) electrons. The van der Waals surface area contributed by atoms with Crippen LogP contribution in [0.1, 0.15) is 25.3 Å². The van der Waals surface area contributed by atoms with Crippen LogP contribution in [0.3, 0.4) is 0 Å². The van der Waals surface area contributed by atoms with Gasteiger partial charge in [0.05, 0.1) is 14.2 Å². The molecule has 0 atom stereocenters. The van der Waals surface area contributed by atoms with Gasteiger partial charge in [-0.2, -0.15) is 0 Å². The third kappa shape index (κ3) is 2.56. The molecule has 1 aromatic rings. The molecule has 1 aromatic carbocycles. The van der Waals surface area contributed by atoms with E-state index in [9.17, 15) is 9.59 Å². The smallest absolute Gasteiger partial charge is 0.323 e. The molecule has 0 saturated heterocycles. The van der Waals surface area contributed by atoms with Crippen molar-refractivity contribution >= 4 is 17.5 Å². The van der Waals surface area contributed by atoms with Gasteiger partial charge in [0.25, 0.3) is 0 Å². The number of methoxy groups -OCH3 is 2. The maximum atomic E-state index is 12.2. The molecule has 2 rings (SSSR count). The van der Waals surface area contributed by atoms with Crippen molar-refractivity contribution in [1.82, 2.24) is 0 Å². The zero-order chi connectivity index (χ0) is 16.3. The lowest BCUT2D eigenvalue weighted by Crippen LogP contribution is -2.39. The van der Waals surface area contributed by atoms with Gasteiger partial charge in [0.1, 0.15) is 0 Å². The Labute approximate surface area is 130 Å². The SMILES string of the molecule is C=C(C1=C(C)CC(C(=O)OC)(C(=O)OC)C1)c1ccccc1. The maximum absolute atomic E-state index is 12.2. The Balaban J connectivity index is 2.36. The number of ether oxygens (including phenoxy) is 2. The van der Waals surface area contributed by atoms with Gasteiger partial charge < -0.3 is 9.47 Å². The summed E-state index contributed by atoms with van der Waals surface area (Å²) in [6.45, 7) is 6.04. The molecule has 0 heterocycles. The van der Waals surface area contributed by atoms with E-state index in [1.54, 1.807) is 0 Å². The van der Waals surface area contributed by atoms with Crippen molar-refractivity contribution in [3.63, 3.8) is 0 Å². The summed E-state index contributed by atoms with van der Waals surface area (Å²) >= 11 is 0. The van der Waals surface area contributed by atoms with Crippen molar-refractivity contribution in [3.05, 3.63) is 53.6 Å². The Morgan fingerprint density at radius 3 is 2.09 bits per heavy atom. The molecular weight excluding hydrogens is 280 g/mol. The Morgan fingerprint density at radius 1 is 1.05 bits per heavy atom. The second-order valence-electron chi connectivity index (χ2n) is 5.52. The number of carbonyl (C=O) groups excluding carboxylic acids is 2. The summed E-state index contributed by atoms with van der Waals surface area (Å²) in [4.78, 5) is 24.4. The third-order valence-electron chi connectivity index (χ3n) is 4.20. The Hall–Kier alpha value is -2.36. The van der Waals surface area contributed by atoms with E-state index in [2.05, 4.69) is 6.58 Å². The van der Waals surface area contributed by atoms with Crippen LogP contribution in [-0.2, 0) is 19.1 Å². The molecule has 22 heavy (non-hydrogen) atoms. The van der Waals surface area contributed by atoms with E-state index in [1.807, 2.05) is 37.3 Å². The van der Waals surface area contributed by atoms with E-state index in [-0.39, 0.29) is 6.42 Å². The summed E-state index contributed by atoms with van der Waals surface area (Å²) in [6.07, 6.45) is 0.555. The van der Waals surface area contributed by atoms with Crippen LogP contribution in [0, 0.1) is 5.41 Å². The minimum atomic E-state index is -1.29. The molecule has 4 heteroatoms. The lowest BCUT2D eigenvalue weighted by Gasteiger charge is -2.23. The van der Waals surface area contributed by atoms with Crippen LogP contribution < -0.4 is 0 Å². The monoisotopic (exact) mass is 300 g/mol. The van der Waals surface area contributed by atoms with E-state index < -0.39 is 17.4 Å². The van der Waals surface area contributed by atoms with Gasteiger partial charge in [-0.15, -0.1) is 0 Å². The van der Waals surface area contributed by atoms with Crippen LogP contribution in [0.25, 0.3) is 5.57 Å². The molecule has 0 saturated carbocycles. The van der Waals surface area contributed by atoms with Crippen LogP contribution in [0.2, 0.25) is 0 Å². The first-order valence-electron chi connectivity index (χ1n) is 7.06. The highest BCUT2D eigenvalue weighted by atomic mass is 16.5. The summed E-state index contributed by atoms with van der Waals surface area (Å²) in [6, 6.07) is 9.70. The summed E-state index contributed by atoms with van der Waals surface area (Å²) < 4.78 is 9.69. The minimum Gasteiger partial charge on any atom is -0.468 e. The molecular formula is C18H20O4. The van der Waals surface area contributed by atoms with Crippen molar-refractivity contribution < 1.29 is 19.1 Å². The zero-order valence-electron chi connectivity index (χ0n) is 13.1. The largest absolute Gasteiger partial charge is 0.468 e. The number of hydrogen-bond acceptors (Lipinski definition) is 4. The van der Waals surface area contributed by atoms with E-state index in [1.165, 1.54) is 14.2 Å². The highest BCUT2D eigenvalue weighted by Crippen LogP contribution is 2.47. The van der Waals surface area contributed by atoms with E-state index in [4.69, 9.17) is 9.47 Å². The average molecular weight is 300 g/mol. The Bertz CT molecular complexity index is 624. The van der Waals surface area contributed by atoms with Crippen molar-refractivity contribution in [2.75, 3.05) is 14.2 Å². The number of carbonyl (C=O) groups is 2. The molecule has 0 N–H and O–H groups in total. The first kappa shape index (κ1) is 16.0. The molecule has 0 fully saturated rings. The van der Waals surface area contributed by atoms with Crippen LogP contribution in [-0.4, -0.2) is 26.2 Å². The van der Waals surface area contributed by atoms with Crippen molar-refractivity contribution in [2.45, 2.75) is 19.8 Å². The minimum absolute atomic E-state index is 0.256. The third-order valence-corrected chi connectivity index (χ3v) is 4.20. The molecule has 0 spiro atoms. The molecule has 0 aromatic heterocycles. The normalized spacial score (nSPS) is 16.3. The van der Waals surface area contributed by atoms with Crippen LogP contribution in [0.5, 0.6) is 0 Å². The van der Waals surface area contributed by atoms with Gasteiger partial charge in [-0.3, -0.25) is 9.59 Å². The highest BCUT2D eigenvalue weighted by molar-refractivity contribution is 6.02. The molecule has 0 aliphatic heterocycles. The lowest BCUT2D eigenvalue weighted by atomic mass is 9.82. The summed E-state index contributed by atoms with van der Waals surface area (Å²) in [5, 5.41) is 0. The quantitative estimate of drug-likeness (QED) is 0.633. The molecule has 116 valence electrons. The van der Waals surface area contributed by atoms with Crippen LogP contribution >= 0.6 is 0 Å². The molecule has 0 unspecified atom stereocenters. The fourth-order valence-electron chi connectivity index (χ4n) is 3.02. The van der Waals surface area contributed by atoms with E-state index in [0.29, 0.717) is 6.42 Å². The maximum Gasteiger partial charge on any atom is 0.323 e. The average Bonchev–Trinajstić information content (AvgIpc) is 2.92. The van der Waals surface area contributed by atoms with Gasteiger partial charge in [-0.05, 0) is 30.1 Å². The molecule has 0 amide bonds. The molecule has 1 aliphatic rings. The fourth-order valence-corrected chi connectivity index (χ4v) is 3.02. The molecule has 4 nitrogen and oxygen atoms in total.